The minimum absolute atomic E-state index is 0.148. The molecule has 0 spiro atoms. The first-order valence-electron chi connectivity index (χ1n) is 10.3. The molecule has 2 amide bonds. The SMILES string of the molecule is CCCCC#Cc1ccc2c3c(cccc13)C(=O)N(OS(=O)(=O)c1ccc(C)cc1)C2=O. The molecular weight excluding hydrogens is 426 g/mol. The largest absolute Gasteiger partial charge is 0.318 e. The molecule has 7 heteroatoms. The van der Waals surface area contributed by atoms with E-state index in [-0.39, 0.29) is 16.0 Å². The number of carbonyl (C=O) groups is 2. The summed E-state index contributed by atoms with van der Waals surface area (Å²) in [7, 11) is -4.38. The van der Waals surface area contributed by atoms with Crippen LogP contribution in [0.15, 0.2) is 59.5 Å². The summed E-state index contributed by atoms with van der Waals surface area (Å²) in [5.41, 5.74) is 1.95. The third-order valence-corrected chi connectivity index (χ3v) is 6.43. The third kappa shape index (κ3) is 3.91. The summed E-state index contributed by atoms with van der Waals surface area (Å²) in [4.78, 5) is 26.0. The first kappa shape index (κ1) is 21.8. The van der Waals surface area contributed by atoms with Gasteiger partial charge in [0.25, 0.3) is 11.8 Å². The van der Waals surface area contributed by atoms with Gasteiger partial charge in [0, 0.05) is 17.4 Å². The van der Waals surface area contributed by atoms with Gasteiger partial charge in [0.15, 0.2) is 0 Å². The molecule has 3 aromatic carbocycles. The molecule has 1 aliphatic heterocycles. The van der Waals surface area contributed by atoms with Crippen molar-refractivity contribution in [3.05, 3.63) is 76.9 Å². The molecule has 0 radical (unpaired) electrons. The van der Waals surface area contributed by atoms with Crippen molar-refractivity contribution in [2.75, 3.05) is 0 Å². The Labute approximate surface area is 186 Å². The van der Waals surface area contributed by atoms with Crippen molar-refractivity contribution in [2.24, 2.45) is 0 Å². The molecule has 0 N–H and O–H groups in total. The summed E-state index contributed by atoms with van der Waals surface area (Å²) >= 11 is 0. The Hall–Kier alpha value is -3.47. The fourth-order valence-corrected chi connectivity index (χ4v) is 4.41. The number of benzene rings is 3. The number of hydrogen-bond acceptors (Lipinski definition) is 5. The van der Waals surface area contributed by atoms with E-state index in [0.29, 0.717) is 21.4 Å². The summed E-state index contributed by atoms with van der Waals surface area (Å²) < 4.78 is 30.4. The highest BCUT2D eigenvalue weighted by atomic mass is 32.2. The molecule has 32 heavy (non-hydrogen) atoms. The zero-order valence-corrected chi connectivity index (χ0v) is 18.5. The maximum absolute atomic E-state index is 13.1. The van der Waals surface area contributed by atoms with Crippen LogP contribution in [0.25, 0.3) is 10.8 Å². The molecule has 1 heterocycles. The van der Waals surface area contributed by atoms with Crippen molar-refractivity contribution >= 4 is 32.7 Å². The minimum Gasteiger partial charge on any atom is -0.266 e. The number of imide groups is 1. The predicted molar refractivity (Wildman–Crippen MR) is 120 cm³/mol. The van der Waals surface area contributed by atoms with Crippen molar-refractivity contribution in [1.82, 2.24) is 5.06 Å². The monoisotopic (exact) mass is 447 g/mol. The van der Waals surface area contributed by atoms with E-state index in [1.54, 1.807) is 42.5 Å². The van der Waals surface area contributed by atoms with Crippen LogP contribution >= 0.6 is 0 Å². The van der Waals surface area contributed by atoms with Crippen molar-refractivity contribution in [1.29, 1.82) is 0 Å². The van der Waals surface area contributed by atoms with Crippen LogP contribution in [0.2, 0.25) is 0 Å². The van der Waals surface area contributed by atoms with Gasteiger partial charge in [-0.15, -0.1) is 9.35 Å². The minimum atomic E-state index is -4.38. The van der Waals surface area contributed by atoms with Crippen LogP contribution in [0.4, 0.5) is 0 Å². The molecule has 0 saturated heterocycles. The second kappa shape index (κ2) is 8.58. The van der Waals surface area contributed by atoms with Crippen LogP contribution in [0, 0.1) is 18.8 Å². The highest BCUT2D eigenvalue weighted by Gasteiger charge is 2.38. The fraction of sp³-hybridized carbons (Fsp3) is 0.200. The average Bonchev–Trinajstić information content (AvgIpc) is 2.78. The molecule has 0 aliphatic carbocycles. The van der Waals surface area contributed by atoms with E-state index in [0.717, 1.165) is 24.8 Å². The summed E-state index contributed by atoms with van der Waals surface area (Å²) in [5, 5.41) is 1.45. The summed E-state index contributed by atoms with van der Waals surface area (Å²) in [6.07, 6.45) is 2.80. The fourth-order valence-electron chi connectivity index (χ4n) is 3.52. The number of aryl methyl sites for hydroxylation is 1. The van der Waals surface area contributed by atoms with Gasteiger partial charge < -0.3 is 0 Å². The normalized spacial score (nSPS) is 13.2. The van der Waals surface area contributed by atoms with Gasteiger partial charge in [-0.1, -0.05) is 55.0 Å². The first-order valence-corrected chi connectivity index (χ1v) is 11.7. The Kier molecular flexibility index (Phi) is 5.83. The Morgan fingerprint density at radius 3 is 2.31 bits per heavy atom. The maximum Gasteiger partial charge on any atom is 0.318 e. The Balaban J connectivity index is 1.74. The molecule has 0 bridgehead atoms. The second-order valence-electron chi connectivity index (χ2n) is 7.54. The van der Waals surface area contributed by atoms with E-state index < -0.39 is 21.9 Å². The summed E-state index contributed by atoms with van der Waals surface area (Å²) in [6.45, 7) is 3.91. The number of rotatable bonds is 5. The lowest BCUT2D eigenvalue weighted by molar-refractivity contribution is -0.0155. The average molecular weight is 448 g/mol. The van der Waals surface area contributed by atoms with Gasteiger partial charge in [-0.05, 0) is 49.1 Å². The van der Waals surface area contributed by atoms with Gasteiger partial charge in [0.1, 0.15) is 0 Å². The molecular formula is C25H21NO5S. The van der Waals surface area contributed by atoms with Gasteiger partial charge in [0.05, 0.1) is 16.0 Å². The van der Waals surface area contributed by atoms with E-state index in [4.69, 9.17) is 4.28 Å². The number of amides is 2. The topological polar surface area (TPSA) is 80.8 Å². The molecule has 6 nitrogen and oxygen atoms in total. The highest BCUT2D eigenvalue weighted by Crippen LogP contribution is 2.33. The Morgan fingerprint density at radius 1 is 0.938 bits per heavy atom. The third-order valence-electron chi connectivity index (χ3n) is 5.23. The molecule has 1 aliphatic rings. The highest BCUT2D eigenvalue weighted by molar-refractivity contribution is 7.86. The lowest BCUT2D eigenvalue weighted by atomic mass is 9.92. The van der Waals surface area contributed by atoms with Crippen LogP contribution in [0.5, 0.6) is 0 Å². The molecule has 3 aromatic rings. The number of hydroxylamine groups is 2. The van der Waals surface area contributed by atoms with Crippen LogP contribution in [-0.4, -0.2) is 25.3 Å². The van der Waals surface area contributed by atoms with Gasteiger partial charge in [0.2, 0.25) is 0 Å². The maximum atomic E-state index is 13.1. The lowest BCUT2D eigenvalue weighted by Crippen LogP contribution is -2.41. The molecule has 4 rings (SSSR count). The zero-order valence-electron chi connectivity index (χ0n) is 17.7. The lowest BCUT2D eigenvalue weighted by Gasteiger charge is -2.25. The Morgan fingerprint density at radius 2 is 1.62 bits per heavy atom. The predicted octanol–water partition coefficient (Wildman–Crippen LogP) is 4.61. The van der Waals surface area contributed by atoms with E-state index >= 15 is 0 Å². The molecule has 0 fully saturated rings. The number of nitrogens with zero attached hydrogens (tertiary/aromatic N) is 1. The molecule has 0 atom stereocenters. The quantitative estimate of drug-likeness (QED) is 0.324. The van der Waals surface area contributed by atoms with Gasteiger partial charge in [-0.25, -0.2) is 0 Å². The van der Waals surface area contributed by atoms with Crippen LogP contribution < -0.4 is 0 Å². The molecule has 0 saturated carbocycles. The zero-order chi connectivity index (χ0) is 22.9. The molecule has 0 unspecified atom stereocenters. The smallest absolute Gasteiger partial charge is 0.266 e. The standard InChI is InChI=1S/C25H21NO5S/c1-3-4-5-6-8-18-13-16-22-23-20(18)9-7-10-21(23)24(27)26(25(22)28)31-32(29,30)19-14-11-17(2)12-15-19/h7,9-16H,3-5H2,1-2H3. The van der Waals surface area contributed by atoms with Gasteiger partial charge >= 0.3 is 10.1 Å². The number of hydrogen-bond donors (Lipinski definition) is 0. The van der Waals surface area contributed by atoms with Crippen LogP contribution in [0.3, 0.4) is 0 Å². The van der Waals surface area contributed by atoms with E-state index in [9.17, 15) is 18.0 Å². The van der Waals surface area contributed by atoms with Crippen molar-refractivity contribution < 1.29 is 22.3 Å². The summed E-state index contributed by atoms with van der Waals surface area (Å²) in [6, 6.07) is 14.2. The van der Waals surface area contributed by atoms with Crippen molar-refractivity contribution in [3.8, 4) is 11.8 Å². The van der Waals surface area contributed by atoms with Crippen molar-refractivity contribution in [2.45, 2.75) is 38.0 Å². The van der Waals surface area contributed by atoms with Gasteiger partial charge in [-0.2, -0.15) is 8.42 Å². The number of carbonyl (C=O) groups excluding carboxylic acids is 2. The van der Waals surface area contributed by atoms with Crippen LogP contribution in [-0.2, 0) is 14.4 Å². The first-order chi connectivity index (χ1) is 15.3. The van der Waals surface area contributed by atoms with E-state index in [2.05, 4.69) is 18.8 Å². The summed E-state index contributed by atoms with van der Waals surface area (Å²) in [5.74, 6) is 4.57. The van der Waals surface area contributed by atoms with Gasteiger partial charge in [-0.3, -0.25) is 9.59 Å². The van der Waals surface area contributed by atoms with Crippen molar-refractivity contribution in [3.63, 3.8) is 0 Å². The second-order valence-corrected chi connectivity index (χ2v) is 9.07. The molecule has 0 aromatic heterocycles. The van der Waals surface area contributed by atoms with Crippen LogP contribution in [0.1, 0.15) is 58.0 Å². The van der Waals surface area contributed by atoms with E-state index in [1.165, 1.54) is 12.1 Å². The number of unbranched alkanes of at least 4 members (excludes halogenated alkanes) is 2. The van der Waals surface area contributed by atoms with E-state index in [1.807, 2.05) is 6.92 Å². The Bertz CT molecular complexity index is 1370. The molecule has 162 valence electrons.